The van der Waals surface area contributed by atoms with Gasteiger partial charge < -0.3 is 87.6 Å². The lowest BCUT2D eigenvalue weighted by atomic mass is 10.0. The van der Waals surface area contributed by atoms with Crippen LogP contribution in [0.25, 0.3) is 16.4 Å². The highest BCUT2D eigenvalue weighted by Crippen LogP contribution is 2.43. The summed E-state index contributed by atoms with van der Waals surface area (Å²) in [5.74, 6) is -5.12. The first kappa shape index (κ1) is 57.5. The van der Waals surface area contributed by atoms with Crippen molar-refractivity contribution in [2.24, 2.45) is 5.73 Å². The number of pyridine rings is 1. The predicted octanol–water partition coefficient (Wildman–Crippen LogP) is 3.11. The highest BCUT2D eigenvalue weighted by atomic mass is 32.3. The van der Waals surface area contributed by atoms with Crippen LogP contribution in [0.4, 0.5) is 11.4 Å². The summed E-state index contributed by atoms with van der Waals surface area (Å²) in [6.07, 6.45) is -8.03. The number of likely N-dealkylation sites (N-methyl/N-ethyl adjacent to an activating group) is 1. The van der Waals surface area contributed by atoms with Crippen molar-refractivity contribution in [3.8, 4) is 28.7 Å². The molecule has 9 rings (SSSR count). The number of rotatable bonds is 20. The van der Waals surface area contributed by atoms with Gasteiger partial charge in [-0.2, -0.15) is 0 Å². The lowest BCUT2D eigenvalue weighted by Gasteiger charge is -2.35. The maximum atomic E-state index is 14.5. The van der Waals surface area contributed by atoms with E-state index in [2.05, 4.69) is 10.3 Å². The van der Waals surface area contributed by atoms with E-state index in [0.29, 0.717) is 34.5 Å². The molecule has 27 heteroatoms. The number of fused-ring (bicyclic) bond motifs is 4. The van der Waals surface area contributed by atoms with Crippen LogP contribution in [0.3, 0.4) is 0 Å². The van der Waals surface area contributed by atoms with Crippen molar-refractivity contribution in [3.63, 3.8) is 0 Å². The number of imidazole rings is 1. The normalized spacial score (nSPS) is 21.6. The molecule has 3 amide bonds. The van der Waals surface area contributed by atoms with Crippen molar-refractivity contribution in [1.82, 2.24) is 14.3 Å². The van der Waals surface area contributed by atoms with Gasteiger partial charge in [-0.25, -0.2) is 14.6 Å². The van der Waals surface area contributed by atoms with Gasteiger partial charge in [-0.1, -0.05) is 0 Å². The van der Waals surface area contributed by atoms with Crippen LogP contribution in [0.15, 0.2) is 91.3 Å². The SMILES string of the molecule is COc1ccc2c(OS(=O)(=O)Oc3cc(C(=O)N(C)CC(C)OC(C)CN)ccc3O[C@@H]3O[C@H](C(=O)O)C[C@H](O)[C@H]3O)cc3c(c2c1)CCN3C(=O)c1cn2cc(NC(=O)c3ccc(O[C@H]4C[C@@H](O)C[C@@H](C(=O)O)O4)cc3)ccc2n1. The molecule has 2 aromatic heterocycles. The van der Waals surface area contributed by atoms with Crippen molar-refractivity contribution in [2.45, 2.75) is 94.8 Å². The molecule has 5 heterocycles. The van der Waals surface area contributed by atoms with E-state index in [-0.39, 0.29) is 78.0 Å². The van der Waals surface area contributed by atoms with Gasteiger partial charge in [-0.3, -0.25) is 14.4 Å². The molecule has 4 aromatic carbocycles. The Morgan fingerprint density at radius 2 is 1.51 bits per heavy atom. The summed E-state index contributed by atoms with van der Waals surface area (Å²) in [5.41, 5.74) is 7.41. The minimum Gasteiger partial charge on any atom is -0.497 e. The number of carbonyl (C=O) groups is 5. The number of carboxylic acids is 2. The zero-order valence-corrected chi connectivity index (χ0v) is 44.8. The van der Waals surface area contributed by atoms with Crippen molar-refractivity contribution in [1.29, 1.82) is 0 Å². The summed E-state index contributed by atoms with van der Waals surface area (Å²) in [6.45, 7) is 3.96. The molecule has 26 nitrogen and oxygen atoms in total. The zero-order valence-electron chi connectivity index (χ0n) is 43.9. The second-order valence-electron chi connectivity index (χ2n) is 19.6. The number of amides is 3. The van der Waals surface area contributed by atoms with Crippen LogP contribution in [0.5, 0.6) is 28.7 Å². The average Bonchev–Trinajstić information content (AvgIpc) is 4.03. The van der Waals surface area contributed by atoms with E-state index in [1.54, 1.807) is 50.4 Å². The van der Waals surface area contributed by atoms with Crippen LogP contribution in [-0.4, -0.2) is 167 Å². The van der Waals surface area contributed by atoms with Crippen LogP contribution in [0.1, 0.15) is 69.9 Å². The van der Waals surface area contributed by atoms with Gasteiger partial charge in [-0.15, -0.1) is 8.42 Å². The number of ether oxygens (including phenoxy) is 6. The molecule has 0 spiro atoms. The topological polar surface area (TPSA) is 356 Å². The monoisotopic (exact) mass is 1140 g/mol. The van der Waals surface area contributed by atoms with Crippen molar-refractivity contribution >= 4 is 67.9 Å². The van der Waals surface area contributed by atoms with E-state index in [9.17, 15) is 57.9 Å². The number of aliphatic hydroxyl groups excluding tert-OH is 3. The number of anilines is 2. The number of nitrogens with two attached hydrogens (primary N) is 1. The molecule has 430 valence electrons. The van der Waals surface area contributed by atoms with Crippen molar-refractivity contribution in [2.75, 3.05) is 44.0 Å². The number of nitrogens with zero attached hydrogens (tertiary/aromatic N) is 4. The second-order valence-corrected chi connectivity index (χ2v) is 20.7. The Morgan fingerprint density at radius 1 is 0.802 bits per heavy atom. The number of nitrogens with one attached hydrogen (secondary N) is 1. The van der Waals surface area contributed by atoms with Crippen LogP contribution in [0.2, 0.25) is 0 Å². The lowest BCUT2D eigenvalue weighted by Crippen LogP contribution is -2.52. The van der Waals surface area contributed by atoms with E-state index in [4.69, 9.17) is 42.5 Å². The molecule has 9 atom stereocenters. The van der Waals surface area contributed by atoms with Crippen molar-refractivity contribution in [3.05, 3.63) is 114 Å². The van der Waals surface area contributed by atoms with Crippen molar-refractivity contribution < 1.29 is 94.7 Å². The molecule has 0 radical (unpaired) electrons. The number of hydrogen-bond acceptors (Lipinski definition) is 20. The molecule has 3 aliphatic heterocycles. The Balaban J connectivity index is 0.956. The number of methoxy groups -OCH3 is 1. The van der Waals surface area contributed by atoms with Gasteiger partial charge in [0.05, 0.1) is 42.9 Å². The third-order valence-electron chi connectivity index (χ3n) is 13.6. The van der Waals surface area contributed by atoms with Gasteiger partial charge in [0.2, 0.25) is 12.6 Å². The Bertz CT molecular complexity index is 3490. The second kappa shape index (κ2) is 23.9. The zero-order chi connectivity index (χ0) is 58.0. The minimum absolute atomic E-state index is 0.0100. The van der Waals surface area contributed by atoms with Crippen LogP contribution in [-0.2, 0) is 40.6 Å². The number of aliphatic hydroxyl groups is 3. The van der Waals surface area contributed by atoms with E-state index in [1.165, 1.54) is 71.0 Å². The number of aromatic nitrogens is 2. The van der Waals surface area contributed by atoms with Crippen LogP contribution < -0.4 is 38.5 Å². The maximum Gasteiger partial charge on any atom is 0.501 e. The number of carboxylic acid groups (broad SMARTS) is 2. The summed E-state index contributed by atoms with van der Waals surface area (Å²) in [7, 11) is -2.34. The number of aliphatic carboxylic acids is 2. The first-order valence-corrected chi connectivity index (χ1v) is 26.8. The first-order chi connectivity index (χ1) is 38.6. The van der Waals surface area contributed by atoms with E-state index in [1.807, 2.05) is 0 Å². The molecule has 0 bridgehead atoms. The van der Waals surface area contributed by atoms with Crippen LogP contribution >= 0.6 is 0 Å². The fraction of sp³-hybridized carbons (Fsp3) is 0.370. The van der Waals surface area contributed by atoms with Crippen LogP contribution in [0, 0.1) is 0 Å². The third-order valence-corrected chi connectivity index (χ3v) is 14.3. The molecule has 8 N–H and O–H groups in total. The number of carbonyl (C=O) groups excluding carboxylic acids is 3. The molecular formula is C54H58N6O20S. The lowest BCUT2D eigenvalue weighted by molar-refractivity contribution is -0.238. The summed E-state index contributed by atoms with van der Waals surface area (Å²) in [5, 5.41) is 53.9. The quantitative estimate of drug-likeness (QED) is 0.0577. The third kappa shape index (κ3) is 13.1. The highest BCUT2D eigenvalue weighted by molar-refractivity contribution is 7.82. The molecule has 2 unspecified atom stereocenters. The average molecular weight is 1140 g/mol. The Kier molecular flexibility index (Phi) is 17.0. The molecule has 2 saturated heterocycles. The predicted molar refractivity (Wildman–Crippen MR) is 284 cm³/mol. The maximum absolute atomic E-state index is 14.5. The fourth-order valence-corrected chi connectivity index (χ4v) is 10.3. The van der Waals surface area contributed by atoms with Gasteiger partial charge in [0.1, 0.15) is 28.9 Å². The summed E-state index contributed by atoms with van der Waals surface area (Å²) >= 11 is 0. The molecular weight excluding hydrogens is 1080 g/mol. The first-order valence-electron chi connectivity index (χ1n) is 25.5. The van der Waals surface area contributed by atoms with Gasteiger partial charge in [0.25, 0.3) is 17.7 Å². The molecule has 6 aromatic rings. The Hall–Kier alpha value is -8.15. The fourth-order valence-electron chi connectivity index (χ4n) is 9.56. The molecule has 81 heavy (non-hydrogen) atoms. The smallest absolute Gasteiger partial charge is 0.497 e. The summed E-state index contributed by atoms with van der Waals surface area (Å²) < 4.78 is 75.0. The van der Waals surface area contributed by atoms with Gasteiger partial charge >= 0.3 is 22.3 Å². The van der Waals surface area contributed by atoms with Gasteiger partial charge in [0.15, 0.2) is 29.5 Å². The molecule has 0 saturated carbocycles. The molecule has 0 aliphatic carbocycles. The van der Waals surface area contributed by atoms with E-state index < -0.39 is 107 Å². The molecule has 2 fully saturated rings. The standard InChI is InChI=1S/C54H58N6O20S/c1-27(23-55)74-28(2)24-58(3)50(65)30-7-13-41(77-54-48(63)40(62)22-45(78-54)53(69)70)43(17-30)80-81(71,72)79-42-21-39-35(37-20-34(73-4)11-12-36(37)42)15-16-60(39)51(66)38-26-59-25-31(8-14-46(59)57-38)56-49(64)29-5-9-33(10-6-29)75-47-19-32(61)18-44(76-47)52(67)68/h5-14,17,20-21,25-28,32,40,44-45,47-48,54,61-63H,15-16,18-19,22-24,55H2,1-4H3,(H,56,64)(H,67,68)(H,69,70)/t27?,28?,32-,40-,44-,45-,47+,48+,54+/m0/s1. The summed E-state index contributed by atoms with van der Waals surface area (Å²) in [4.78, 5) is 72.1. The van der Waals surface area contributed by atoms with E-state index >= 15 is 0 Å². The molecule has 3 aliphatic rings. The van der Waals surface area contributed by atoms with E-state index in [0.717, 1.165) is 12.1 Å². The van der Waals surface area contributed by atoms with Gasteiger partial charge in [0, 0.05) is 80.9 Å². The minimum atomic E-state index is -5.27. The highest BCUT2D eigenvalue weighted by Gasteiger charge is 2.42. The Labute approximate surface area is 462 Å². The Morgan fingerprint density at radius 3 is 2.22 bits per heavy atom. The number of hydrogen-bond donors (Lipinski definition) is 7. The number of benzene rings is 4. The summed E-state index contributed by atoms with van der Waals surface area (Å²) in [6, 6.07) is 18.7. The largest absolute Gasteiger partial charge is 0.501 e. The van der Waals surface area contributed by atoms with Gasteiger partial charge in [-0.05, 0) is 104 Å².